The molecule has 0 saturated carbocycles. The van der Waals surface area contributed by atoms with E-state index in [0.29, 0.717) is 6.61 Å². The predicted octanol–water partition coefficient (Wildman–Crippen LogP) is 7.92. The summed E-state index contributed by atoms with van der Waals surface area (Å²) >= 11 is 0. The molecule has 0 N–H and O–H groups in total. The molecule has 0 unspecified atom stereocenters. The molecule has 1 heterocycles. The number of hydrogen-bond donors (Lipinski definition) is 0. The maximum Gasteiger partial charge on any atom is 0.119 e. The third kappa shape index (κ3) is 8.08. The first-order valence-electron chi connectivity index (χ1n) is 15.2. The van der Waals surface area contributed by atoms with Crippen LogP contribution in [0.1, 0.15) is 48.3 Å². The van der Waals surface area contributed by atoms with Crippen molar-refractivity contribution in [1.29, 1.82) is 0 Å². The van der Waals surface area contributed by atoms with Gasteiger partial charge in [0.15, 0.2) is 0 Å². The molecular formula is C37H43N3O. The van der Waals surface area contributed by atoms with Gasteiger partial charge in [0.25, 0.3) is 0 Å². The minimum atomic E-state index is 0.586. The van der Waals surface area contributed by atoms with Crippen LogP contribution in [0.4, 0.5) is 0 Å². The van der Waals surface area contributed by atoms with E-state index in [1.165, 1.54) is 40.0 Å². The minimum Gasteiger partial charge on any atom is -0.489 e. The van der Waals surface area contributed by atoms with Gasteiger partial charge in [-0.3, -0.25) is 0 Å². The van der Waals surface area contributed by atoms with Gasteiger partial charge in [0, 0.05) is 13.0 Å². The Kier molecular flexibility index (Phi) is 10.2. The molecule has 5 aromatic rings. The molecule has 0 bridgehead atoms. The Labute approximate surface area is 245 Å². The van der Waals surface area contributed by atoms with Gasteiger partial charge in [-0.15, -0.1) is 0 Å². The van der Waals surface area contributed by atoms with E-state index in [1.807, 2.05) is 18.2 Å². The van der Waals surface area contributed by atoms with Gasteiger partial charge in [-0.1, -0.05) is 92.7 Å². The molecule has 212 valence electrons. The third-order valence-electron chi connectivity index (χ3n) is 8.00. The number of aryl methyl sites for hydroxylation is 5. The highest BCUT2D eigenvalue weighted by Gasteiger charge is 2.13. The molecule has 0 radical (unpaired) electrons. The standard InChI is InChI=1S/C37H43N3O/c1-3-39(4-2)26-11-16-32-19-23-35-36(28-32)40(27-25-30-12-7-5-8-13-30)37(38-35)24-20-31-17-21-34(22-18-31)41-29-33-14-9-6-10-15-33/h5-10,12-15,17-19,21-23,28H,3-4,11,16,20,24-27,29H2,1-2H3. The Balaban J connectivity index is 1.28. The molecule has 0 amide bonds. The Morgan fingerprint density at radius 2 is 1.32 bits per heavy atom. The number of ether oxygens (including phenoxy) is 1. The van der Waals surface area contributed by atoms with E-state index in [-0.39, 0.29) is 0 Å². The second-order valence-electron chi connectivity index (χ2n) is 10.8. The second-order valence-corrected chi connectivity index (χ2v) is 10.8. The summed E-state index contributed by atoms with van der Waals surface area (Å²) in [5.74, 6) is 2.07. The topological polar surface area (TPSA) is 30.3 Å². The quantitative estimate of drug-likeness (QED) is 0.134. The van der Waals surface area contributed by atoms with Gasteiger partial charge < -0.3 is 14.2 Å². The molecule has 0 aliphatic carbocycles. The van der Waals surface area contributed by atoms with Crippen LogP contribution in [0.25, 0.3) is 11.0 Å². The Hall–Kier alpha value is -3.89. The molecule has 0 aliphatic rings. The Morgan fingerprint density at radius 3 is 2.02 bits per heavy atom. The number of nitrogens with zero attached hydrogens (tertiary/aromatic N) is 3. The number of hydrogen-bond acceptors (Lipinski definition) is 3. The molecule has 1 aromatic heterocycles. The first kappa shape index (κ1) is 28.6. The lowest BCUT2D eigenvalue weighted by atomic mass is 10.1. The highest BCUT2D eigenvalue weighted by atomic mass is 16.5. The lowest BCUT2D eigenvalue weighted by Gasteiger charge is -2.17. The summed E-state index contributed by atoms with van der Waals surface area (Å²) in [5, 5.41) is 0. The van der Waals surface area contributed by atoms with E-state index in [1.54, 1.807) is 0 Å². The summed E-state index contributed by atoms with van der Waals surface area (Å²) in [7, 11) is 0. The molecule has 0 atom stereocenters. The maximum absolute atomic E-state index is 5.99. The van der Waals surface area contributed by atoms with Crippen LogP contribution in [-0.2, 0) is 38.8 Å². The average molecular weight is 546 g/mol. The van der Waals surface area contributed by atoms with E-state index < -0.39 is 0 Å². The van der Waals surface area contributed by atoms with Crippen LogP contribution in [0.5, 0.6) is 5.75 Å². The second kappa shape index (κ2) is 14.7. The molecule has 4 nitrogen and oxygen atoms in total. The average Bonchev–Trinajstić information content (AvgIpc) is 3.38. The van der Waals surface area contributed by atoms with Gasteiger partial charge in [0.05, 0.1) is 11.0 Å². The van der Waals surface area contributed by atoms with Gasteiger partial charge in [-0.05, 0) is 91.8 Å². The van der Waals surface area contributed by atoms with Gasteiger partial charge in [-0.2, -0.15) is 0 Å². The van der Waals surface area contributed by atoms with Crippen LogP contribution in [-0.4, -0.2) is 34.1 Å². The first-order valence-corrected chi connectivity index (χ1v) is 15.2. The van der Waals surface area contributed by atoms with Crippen molar-refractivity contribution in [2.24, 2.45) is 0 Å². The van der Waals surface area contributed by atoms with Gasteiger partial charge >= 0.3 is 0 Å². The van der Waals surface area contributed by atoms with E-state index in [9.17, 15) is 0 Å². The van der Waals surface area contributed by atoms with E-state index >= 15 is 0 Å². The molecule has 0 saturated heterocycles. The Bertz CT molecular complexity index is 1470. The minimum absolute atomic E-state index is 0.586. The van der Waals surface area contributed by atoms with Gasteiger partial charge in [0.1, 0.15) is 18.2 Å². The largest absolute Gasteiger partial charge is 0.489 e. The van der Waals surface area contributed by atoms with Crippen molar-refractivity contribution in [3.05, 3.63) is 131 Å². The van der Waals surface area contributed by atoms with Crippen LogP contribution in [0.3, 0.4) is 0 Å². The molecule has 4 heteroatoms. The molecule has 0 fully saturated rings. The summed E-state index contributed by atoms with van der Waals surface area (Å²) in [4.78, 5) is 7.63. The van der Waals surface area contributed by atoms with Gasteiger partial charge in [0.2, 0.25) is 0 Å². The number of benzene rings is 4. The number of rotatable bonds is 15. The zero-order valence-corrected chi connectivity index (χ0v) is 24.6. The summed E-state index contributed by atoms with van der Waals surface area (Å²) in [6, 6.07) is 36.5. The van der Waals surface area contributed by atoms with Crippen molar-refractivity contribution in [1.82, 2.24) is 14.5 Å². The fourth-order valence-electron chi connectivity index (χ4n) is 5.50. The summed E-state index contributed by atoms with van der Waals surface area (Å²) in [5.41, 5.74) is 7.62. The van der Waals surface area contributed by atoms with Crippen molar-refractivity contribution in [2.45, 2.75) is 59.1 Å². The van der Waals surface area contributed by atoms with Crippen LogP contribution in [0, 0.1) is 0 Å². The van der Waals surface area contributed by atoms with E-state index in [4.69, 9.17) is 9.72 Å². The summed E-state index contributed by atoms with van der Waals surface area (Å²) in [6.45, 7) is 9.41. The van der Waals surface area contributed by atoms with Crippen LogP contribution in [0.15, 0.2) is 103 Å². The normalized spacial score (nSPS) is 11.4. The molecular weight excluding hydrogens is 502 g/mol. The number of imidazole rings is 1. The highest BCUT2D eigenvalue weighted by molar-refractivity contribution is 5.77. The smallest absolute Gasteiger partial charge is 0.119 e. The fraction of sp³-hybridized carbons (Fsp3) is 0.324. The molecule has 41 heavy (non-hydrogen) atoms. The maximum atomic E-state index is 5.99. The zero-order valence-electron chi connectivity index (χ0n) is 24.6. The SMILES string of the molecule is CCN(CC)CCCc1ccc2nc(CCc3ccc(OCc4ccccc4)cc3)n(CCc3ccccc3)c2c1. The van der Waals surface area contributed by atoms with Crippen LogP contribution >= 0.6 is 0 Å². The van der Waals surface area contributed by atoms with Crippen molar-refractivity contribution in [2.75, 3.05) is 19.6 Å². The lowest BCUT2D eigenvalue weighted by Crippen LogP contribution is -2.24. The van der Waals surface area contributed by atoms with Crippen LogP contribution < -0.4 is 4.74 Å². The molecule has 0 spiro atoms. The first-order chi connectivity index (χ1) is 20.2. The van der Waals surface area contributed by atoms with Crippen molar-refractivity contribution >= 4 is 11.0 Å². The monoisotopic (exact) mass is 545 g/mol. The van der Waals surface area contributed by atoms with Crippen LogP contribution in [0.2, 0.25) is 0 Å². The number of aromatic nitrogens is 2. The lowest BCUT2D eigenvalue weighted by molar-refractivity contribution is 0.300. The fourth-order valence-corrected chi connectivity index (χ4v) is 5.50. The van der Waals surface area contributed by atoms with Gasteiger partial charge in [-0.25, -0.2) is 4.98 Å². The predicted molar refractivity (Wildman–Crippen MR) is 171 cm³/mol. The molecule has 0 aliphatic heterocycles. The molecule has 5 rings (SSSR count). The Morgan fingerprint density at radius 1 is 0.659 bits per heavy atom. The summed E-state index contributed by atoms with van der Waals surface area (Å²) < 4.78 is 8.45. The van der Waals surface area contributed by atoms with E-state index in [2.05, 4.69) is 108 Å². The third-order valence-corrected chi connectivity index (χ3v) is 8.00. The zero-order chi connectivity index (χ0) is 28.3. The highest BCUT2D eigenvalue weighted by Crippen LogP contribution is 2.22. The molecule has 4 aromatic carbocycles. The number of fused-ring (bicyclic) bond motifs is 1. The van der Waals surface area contributed by atoms with Crippen molar-refractivity contribution in [3.63, 3.8) is 0 Å². The van der Waals surface area contributed by atoms with Crippen molar-refractivity contribution < 1.29 is 4.74 Å². The summed E-state index contributed by atoms with van der Waals surface area (Å²) in [6.07, 6.45) is 5.14. The van der Waals surface area contributed by atoms with E-state index in [0.717, 1.165) is 63.1 Å². The van der Waals surface area contributed by atoms with Crippen molar-refractivity contribution in [3.8, 4) is 5.75 Å².